The minimum Gasteiger partial charge on any atom is -0.0587 e. The molecule has 0 unspecified atom stereocenters. The third-order valence-electron chi connectivity index (χ3n) is 4.04. The van der Waals surface area contributed by atoms with Crippen LogP contribution in [0.15, 0.2) is 36.4 Å². The summed E-state index contributed by atoms with van der Waals surface area (Å²) in [7, 11) is 0. The Hall–Kier alpha value is -1.82. The SMILES string of the molecule is Cc1ccc2c(C)cc3c(C)c(C)ccc3c2c1. The summed E-state index contributed by atoms with van der Waals surface area (Å²) in [6, 6.07) is 13.6. The number of benzene rings is 3. The van der Waals surface area contributed by atoms with Crippen LogP contribution < -0.4 is 0 Å². The summed E-state index contributed by atoms with van der Waals surface area (Å²) < 4.78 is 0. The van der Waals surface area contributed by atoms with Gasteiger partial charge in [0.05, 0.1) is 0 Å². The van der Waals surface area contributed by atoms with E-state index in [4.69, 9.17) is 0 Å². The van der Waals surface area contributed by atoms with Crippen molar-refractivity contribution >= 4 is 21.5 Å². The van der Waals surface area contributed by atoms with Crippen molar-refractivity contribution in [3.63, 3.8) is 0 Å². The highest BCUT2D eigenvalue weighted by Gasteiger charge is 2.07. The van der Waals surface area contributed by atoms with Crippen LogP contribution >= 0.6 is 0 Å². The molecule has 0 N–H and O–H groups in total. The molecule has 0 spiro atoms. The molecule has 0 saturated carbocycles. The maximum absolute atomic E-state index is 2.33. The van der Waals surface area contributed by atoms with Crippen molar-refractivity contribution in [1.82, 2.24) is 0 Å². The standard InChI is InChI=1S/C18H18/c1-11-5-7-15-13(3)10-17-14(4)12(2)6-8-16(17)18(15)9-11/h5-10H,1-4H3. The minimum absolute atomic E-state index is 1.33. The Morgan fingerprint density at radius 3 is 2.06 bits per heavy atom. The molecule has 0 atom stereocenters. The molecule has 0 aliphatic carbocycles. The van der Waals surface area contributed by atoms with Gasteiger partial charge in [0.15, 0.2) is 0 Å². The number of rotatable bonds is 0. The fourth-order valence-electron chi connectivity index (χ4n) is 2.78. The normalized spacial score (nSPS) is 11.3. The second-order valence-electron chi connectivity index (χ2n) is 5.35. The molecule has 3 aromatic carbocycles. The van der Waals surface area contributed by atoms with Crippen molar-refractivity contribution in [2.24, 2.45) is 0 Å². The molecule has 0 radical (unpaired) electrons. The Kier molecular flexibility index (Phi) is 2.41. The molecule has 3 rings (SSSR count). The van der Waals surface area contributed by atoms with Gasteiger partial charge in [-0.25, -0.2) is 0 Å². The first-order valence-corrected chi connectivity index (χ1v) is 6.48. The number of fused-ring (bicyclic) bond motifs is 3. The Labute approximate surface area is 108 Å². The predicted octanol–water partition coefficient (Wildman–Crippen LogP) is 5.23. The zero-order chi connectivity index (χ0) is 12.9. The van der Waals surface area contributed by atoms with Gasteiger partial charge in [-0.15, -0.1) is 0 Å². The molecule has 0 aliphatic heterocycles. The van der Waals surface area contributed by atoms with E-state index in [0.29, 0.717) is 0 Å². The van der Waals surface area contributed by atoms with Gasteiger partial charge in [0.2, 0.25) is 0 Å². The van der Waals surface area contributed by atoms with Crippen molar-refractivity contribution in [3.8, 4) is 0 Å². The van der Waals surface area contributed by atoms with Crippen LogP contribution in [0.5, 0.6) is 0 Å². The predicted molar refractivity (Wildman–Crippen MR) is 80.4 cm³/mol. The molecule has 0 bridgehead atoms. The maximum atomic E-state index is 2.33. The summed E-state index contributed by atoms with van der Waals surface area (Å²) in [6.45, 7) is 8.77. The average molecular weight is 234 g/mol. The highest BCUT2D eigenvalue weighted by molar-refractivity contribution is 6.10. The van der Waals surface area contributed by atoms with E-state index >= 15 is 0 Å². The molecular formula is C18H18. The lowest BCUT2D eigenvalue weighted by Crippen LogP contribution is -1.88. The van der Waals surface area contributed by atoms with E-state index in [9.17, 15) is 0 Å². The van der Waals surface area contributed by atoms with Crippen molar-refractivity contribution < 1.29 is 0 Å². The lowest BCUT2D eigenvalue weighted by Gasteiger charge is -2.12. The Morgan fingerprint density at radius 2 is 1.28 bits per heavy atom. The first-order valence-electron chi connectivity index (χ1n) is 6.48. The quantitative estimate of drug-likeness (QED) is 0.467. The first-order chi connectivity index (χ1) is 8.58. The molecular weight excluding hydrogens is 216 g/mol. The van der Waals surface area contributed by atoms with Crippen molar-refractivity contribution in [2.45, 2.75) is 27.7 Å². The van der Waals surface area contributed by atoms with Gasteiger partial charge in [0, 0.05) is 0 Å². The van der Waals surface area contributed by atoms with Crippen LogP contribution in [0, 0.1) is 27.7 Å². The number of hydrogen-bond acceptors (Lipinski definition) is 0. The summed E-state index contributed by atoms with van der Waals surface area (Å²) in [5, 5.41) is 5.53. The summed E-state index contributed by atoms with van der Waals surface area (Å²) in [6.07, 6.45) is 0. The molecule has 0 amide bonds. The monoisotopic (exact) mass is 234 g/mol. The van der Waals surface area contributed by atoms with Crippen LogP contribution in [0.1, 0.15) is 22.3 Å². The van der Waals surface area contributed by atoms with Gasteiger partial charge in [-0.1, -0.05) is 42.0 Å². The topological polar surface area (TPSA) is 0 Å². The van der Waals surface area contributed by atoms with Gasteiger partial charge in [-0.05, 0) is 65.9 Å². The maximum Gasteiger partial charge on any atom is -0.0100 e. The molecule has 0 heterocycles. The van der Waals surface area contributed by atoms with Crippen molar-refractivity contribution in [1.29, 1.82) is 0 Å². The van der Waals surface area contributed by atoms with E-state index < -0.39 is 0 Å². The van der Waals surface area contributed by atoms with E-state index in [2.05, 4.69) is 64.1 Å². The molecule has 18 heavy (non-hydrogen) atoms. The van der Waals surface area contributed by atoms with Crippen LogP contribution in [-0.4, -0.2) is 0 Å². The fraction of sp³-hybridized carbons (Fsp3) is 0.222. The van der Waals surface area contributed by atoms with E-state index in [1.807, 2.05) is 0 Å². The van der Waals surface area contributed by atoms with Crippen LogP contribution in [0.4, 0.5) is 0 Å². The zero-order valence-electron chi connectivity index (χ0n) is 11.5. The van der Waals surface area contributed by atoms with Crippen LogP contribution in [0.2, 0.25) is 0 Å². The second-order valence-corrected chi connectivity index (χ2v) is 5.35. The van der Waals surface area contributed by atoms with Gasteiger partial charge in [0.1, 0.15) is 0 Å². The number of hydrogen-bond donors (Lipinski definition) is 0. The molecule has 3 aromatic rings. The first kappa shape index (κ1) is 11.3. The second kappa shape index (κ2) is 3.84. The summed E-state index contributed by atoms with van der Waals surface area (Å²) in [5.74, 6) is 0. The largest absolute Gasteiger partial charge is 0.0587 e. The Morgan fingerprint density at radius 1 is 0.556 bits per heavy atom. The van der Waals surface area contributed by atoms with E-state index in [-0.39, 0.29) is 0 Å². The molecule has 90 valence electrons. The third kappa shape index (κ3) is 1.53. The van der Waals surface area contributed by atoms with Gasteiger partial charge >= 0.3 is 0 Å². The van der Waals surface area contributed by atoms with E-state index in [1.54, 1.807) is 0 Å². The fourth-order valence-corrected chi connectivity index (χ4v) is 2.78. The van der Waals surface area contributed by atoms with Crippen LogP contribution in [0.3, 0.4) is 0 Å². The van der Waals surface area contributed by atoms with E-state index in [1.165, 1.54) is 43.8 Å². The van der Waals surface area contributed by atoms with Crippen LogP contribution in [0.25, 0.3) is 21.5 Å². The zero-order valence-corrected chi connectivity index (χ0v) is 11.5. The minimum atomic E-state index is 1.33. The lowest BCUT2D eigenvalue weighted by molar-refractivity contribution is 1.38. The molecule has 0 aliphatic rings. The summed E-state index contributed by atoms with van der Waals surface area (Å²) >= 11 is 0. The molecule has 0 aromatic heterocycles. The van der Waals surface area contributed by atoms with Gasteiger partial charge in [-0.2, -0.15) is 0 Å². The van der Waals surface area contributed by atoms with Gasteiger partial charge in [-0.3, -0.25) is 0 Å². The van der Waals surface area contributed by atoms with Gasteiger partial charge in [0.25, 0.3) is 0 Å². The van der Waals surface area contributed by atoms with Gasteiger partial charge < -0.3 is 0 Å². The molecule has 0 heteroatoms. The molecule has 0 fully saturated rings. The Balaban J connectivity index is 2.61. The van der Waals surface area contributed by atoms with Crippen LogP contribution in [-0.2, 0) is 0 Å². The third-order valence-corrected chi connectivity index (χ3v) is 4.04. The molecule has 0 saturated heterocycles. The number of aryl methyl sites for hydroxylation is 4. The summed E-state index contributed by atoms with van der Waals surface area (Å²) in [5.41, 5.74) is 5.46. The van der Waals surface area contributed by atoms with Crippen molar-refractivity contribution in [3.05, 3.63) is 58.7 Å². The highest BCUT2D eigenvalue weighted by Crippen LogP contribution is 2.32. The molecule has 0 nitrogen and oxygen atoms in total. The van der Waals surface area contributed by atoms with Crippen molar-refractivity contribution in [2.75, 3.05) is 0 Å². The van der Waals surface area contributed by atoms with E-state index in [0.717, 1.165) is 0 Å². The summed E-state index contributed by atoms with van der Waals surface area (Å²) in [4.78, 5) is 0. The smallest absolute Gasteiger partial charge is 0.0100 e. The lowest BCUT2D eigenvalue weighted by atomic mass is 9.93. The highest BCUT2D eigenvalue weighted by atomic mass is 14.1. The Bertz CT molecular complexity index is 764. The average Bonchev–Trinajstić information content (AvgIpc) is 2.34.